The average Bonchev–Trinajstić information content (AvgIpc) is 2.75. The minimum Gasteiger partial charge on any atom is -0.398 e. The van der Waals surface area contributed by atoms with Crippen LogP contribution in [0.2, 0.25) is 0 Å². The van der Waals surface area contributed by atoms with E-state index in [2.05, 4.69) is 10.8 Å². The van der Waals surface area contributed by atoms with Crippen LogP contribution < -0.4 is 5.73 Å². The number of hydrogen-bond donors (Lipinski definition) is 2. The summed E-state index contributed by atoms with van der Waals surface area (Å²) in [5, 5.41) is 16.8. The standard InChI is InChI=1S/C25H25F3N4O2/c1-14-8-15(2)21(9-20(14)23(31)16(3)22(30)13-34-25(26,27)28)24(33)32-11-19(12-32)18-6-4-17(10-29)5-7-18/h4-9,19,30H,11-13,31H2,1-3H3/b23-16-,30-22?. The van der Waals surface area contributed by atoms with Crippen molar-refractivity contribution in [1.82, 2.24) is 4.90 Å². The first kappa shape index (κ1) is 25.0. The molecule has 0 bridgehead atoms. The van der Waals surface area contributed by atoms with Gasteiger partial charge in [-0.25, -0.2) is 0 Å². The largest absolute Gasteiger partial charge is 0.522 e. The highest BCUT2D eigenvalue weighted by Gasteiger charge is 2.33. The number of nitriles is 1. The topological polar surface area (TPSA) is 103 Å². The zero-order chi connectivity index (χ0) is 25.2. The Morgan fingerprint density at radius 2 is 1.76 bits per heavy atom. The third-order valence-electron chi connectivity index (χ3n) is 6.01. The van der Waals surface area contributed by atoms with Gasteiger partial charge in [0, 0.05) is 35.8 Å². The zero-order valence-corrected chi connectivity index (χ0v) is 19.1. The maximum absolute atomic E-state index is 13.2. The second-order valence-corrected chi connectivity index (χ2v) is 8.37. The molecular weight excluding hydrogens is 445 g/mol. The molecule has 1 fully saturated rings. The van der Waals surface area contributed by atoms with Crippen LogP contribution in [0.5, 0.6) is 0 Å². The molecule has 178 valence electrons. The number of hydrogen-bond acceptors (Lipinski definition) is 5. The number of halogens is 3. The second kappa shape index (κ2) is 9.69. The van der Waals surface area contributed by atoms with E-state index < -0.39 is 18.7 Å². The average molecular weight is 470 g/mol. The molecule has 1 saturated heterocycles. The molecule has 0 radical (unpaired) electrons. The molecule has 0 spiro atoms. The molecule has 1 heterocycles. The van der Waals surface area contributed by atoms with Crippen LogP contribution in [-0.2, 0) is 4.74 Å². The van der Waals surface area contributed by atoms with E-state index in [1.165, 1.54) is 6.92 Å². The Bertz CT molecular complexity index is 1190. The minimum atomic E-state index is -4.84. The van der Waals surface area contributed by atoms with Gasteiger partial charge in [0.25, 0.3) is 5.91 Å². The highest BCUT2D eigenvalue weighted by atomic mass is 19.4. The predicted molar refractivity (Wildman–Crippen MR) is 122 cm³/mol. The molecule has 3 rings (SSSR count). The van der Waals surface area contributed by atoms with E-state index >= 15 is 0 Å². The van der Waals surface area contributed by atoms with E-state index in [1.54, 1.807) is 36.1 Å². The van der Waals surface area contributed by atoms with E-state index in [1.807, 2.05) is 19.1 Å². The first-order valence-electron chi connectivity index (χ1n) is 10.6. The van der Waals surface area contributed by atoms with Crippen LogP contribution in [0.15, 0.2) is 42.0 Å². The summed E-state index contributed by atoms with van der Waals surface area (Å²) >= 11 is 0. The summed E-state index contributed by atoms with van der Waals surface area (Å²) in [6, 6.07) is 12.8. The molecule has 1 aliphatic rings. The van der Waals surface area contributed by atoms with Gasteiger partial charge >= 0.3 is 6.36 Å². The number of ether oxygens (including phenoxy) is 1. The van der Waals surface area contributed by atoms with Crippen LogP contribution in [0.1, 0.15) is 51.0 Å². The molecule has 2 aromatic rings. The number of nitrogens with zero attached hydrogens (tertiary/aromatic N) is 2. The van der Waals surface area contributed by atoms with E-state index in [0.717, 1.165) is 16.7 Å². The third-order valence-corrected chi connectivity index (χ3v) is 6.01. The van der Waals surface area contributed by atoms with Gasteiger partial charge in [0.1, 0.15) is 0 Å². The molecule has 6 nitrogen and oxygen atoms in total. The summed E-state index contributed by atoms with van der Waals surface area (Å²) in [6.45, 7) is 5.19. The Labute approximate surface area is 195 Å². The summed E-state index contributed by atoms with van der Waals surface area (Å²) in [4.78, 5) is 14.9. The Kier molecular flexibility index (Phi) is 7.12. The normalized spacial score (nSPS) is 14.8. The molecule has 0 atom stereocenters. The maximum atomic E-state index is 13.2. The van der Waals surface area contributed by atoms with Crippen molar-refractivity contribution in [2.24, 2.45) is 5.73 Å². The summed E-state index contributed by atoms with van der Waals surface area (Å²) < 4.78 is 40.7. The predicted octanol–water partition coefficient (Wildman–Crippen LogP) is 4.66. The molecule has 9 heteroatoms. The number of benzene rings is 2. The Morgan fingerprint density at radius 3 is 2.32 bits per heavy atom. The number of alkyl halides is 3. The highest BCUT2D eigenvalue weighted by molar-refractivity contribution is 6.05. The van der Waals surface area contributed by atoms with E-state index in [-0.39, 0.29) is 23.1 Å². The lowest BCUT2D eigenvalue weighted by Gasteiger charge is -2.40. The molecule has 0 aromatic heterocycles. The molecule has 1 amide bonds. The molecule has 2 aromatic carbocycles. The lowest BCUT2D eigenvalue weighted by molar-refractivity contribution is -0.317. The van der Waals surface area contributed by atoms with Gasteiger partial charge < -0.3 is 16.0 Å². The van der Waals surface area contributed by atoms with Gasteiger partial charge in [0.15, 0.2) is 0 Å². The molecule has 1 aliphatic heterocycles. The van der Waals surface area contributed by atoms with Gasteiger partial charge in [-0.15, -0.1) is 13.2 Å². The number of aryl methyl sites for hydroxylation is 2. The van der Waals surface area contributed by atoms with Crippen LogP contribution in [0.4, 0.5) is 13.2 Å². The van der Waals surface area contributed by atoms with E-state index in [4.69, 9.17) is 16.4 Å². The van der Waals surface area contributed by atoms with Crippen molar-refractivity contribution in [3.05, 3.63) is 75.4 Å². The van der Waals surface area contributed by atoms with Crippen molar-refractivity contribution in [2.75, 3.05) is 19.7 Å². The Balaban J connectivity index is 1.78. The Hall–Kier alpha value is -3.64. The molecule has 34 heavy (non-hydrogen) atoms. The van der Waals surface area contributed by atoms with Crippen LogP contribution in [-0.4, -0.2) is 42.6 Å². The van der Waals surface area contributed by atoms with Gasteiger partial charge in [-0.05, 0) is 61.2 Å². The van der Waals surface area contributed by atoms with Crippen molar-refractivity contribution >= 4 is 17.3 Å². The van der Waals surface area contributed by atoms with Gasteiger partial charge in [-0.1, -0.05) is 18.2 Å². The van der Waals surface area contributed by atoms with Crippen molar-refractivity contribution < 1.29 is 22.7 Å². The van der Waals surface area contributed by atoms with E-state index in [0.29, 0.717) is 29.8 Å². The SMILES string of the molecule is C/C(C(=N)COC(F)(F)F)=C(/N)c1cc(C(=O)N2CC(c3ccc(C#N)cc3)C2)c(C)cc1C. The minimum absolute atomic E-state index is 0.126. The van der Waals surface area contributed by atoms with Gasteiger partial charge in [0.05, 0.1) is 24.0 Å². The number of amides is 1. The molecule has 3 N–H and O–H groups in total. The second-order valence-electron chi connectivity index (χ2n) is 8.37. The number of likely N-dealkylation sites (tertiary alicyclic amines) is 1. The maximum Gasteiger partial charge on any atom is 0.522 e. The van der Waals surface area contributed by atoms with Crippen LogP contribution in [0.25, 0.3) is 5.70 Å². The first-order chi connectivity index (χ1) is 15.9. The Morgan fingerprint density at radius 1 is 1.18 bits per heavy atom. The first-order valence-corrected chi connectivity index (χ1v) is 10.6. The number of carbonyl (C=O) groups is 1. The smallest absolute Gasteiger partial charge is 0.398 e. The fourth-order valence-corrected chi connectivity index (χ4v) is 3.86. The molecule has 0 saturated carbocycles. The quantitative estimate of drug-likeness (QED) is 0.599. The van der Waals surface area contributed by atoms with Crippen molar-refractivity contribution in [3.8, 4) is 6.07 Å². The van der Waals surface area contributed by atoms with Crippen LogP contribution in [0, 0.1) is 30.6 Å². The van der Waals surface area contributed by atoms with Crippen molar-refractivity contribution in [2.45, 2.75) is 33.1 Å². The van der Waals surface area contributed by atoms with E-state index in [9.17, 15) is 18.0 Å². The number of nitrogens with two attached hydrogens (primary N) is 1. The van der Waals surface area contributed by atoms with Crippen LogP contribution >= 0.6 is 0 Å². The lowest BCUT2D eigenvalue weighted by atomic mass is 9.89. The van der Waals surface area contributed by atoms with Crippen molar-refractivity contribution in [1.29, 1.82) is 10.7 Å². The number of rotatable bonds is 6. The van der Waals surface area contributed by atoms with Crippen molar-refractivity contribution in [3.63, 3.8) is 0 Å². The molecule has 0 aliphatic carbocycles. The lowest BCUT2D eigenvalue weighted by Crippen LogP contribution is -2.48. The summed E-state index contributed by atoms with van der Waals surface area (Å²) in [7, 11) is 0. The number of carbonyl (C=O) groups excluding carboxylic acids is 1. The summed E-state index contributed by atoms with van der Waals surface area (Å²) in [5.74, 6) is 0.0211. The summed E-state index contributed by atoms with van der Waals surface area (Å²) in [6.07, 6.45) is -4.84. The molecular formula is C25H25F3N4O2. The van der Waals surface area contributed by atoms with Gasteiger partial charge in [-0.2, -0.15) is 5.26 Å². The van der Waals surface area contributed by atoms with Gasteiger partial charge in [0.2, 0.25) is 0 Å². The molecule has 0 unspecified atom stereocenters. The third kappa shape index (κ3) is 5.46. The summed E-state index contributed by atoms with van der Waals surface area (Å²) in [5.41, 5.74) is 10.2. The van der Waals surface area contributed by atoms with Crippen LogP contribution in [0.3, 0.4) is 0 Å². The van der Waals surface area contributed by atoms with Gasteiger partial charge in [-0.3, -0.25) is 9.53 Å². The fourth-order valence-electron chi connectivity index (χ4n) is 3.86. The highest BCUT2D eigenvalue weighted by Crippen LogP contribution is 2.31. The fraction of sp³-hybridized carbons (Fsp3) is 0.320. The number of nitrogens with one attached hydrogen (secondary N) is 1. The monoisotopic (exact) mass is 470 g/mol. The zero-order valence-electron chi connectivity index (χ0n) is 19.1.